The molecule has 2 rings (SSSR count). The Hall–Kier alpha value is -1.29. The molecular formula is C16H20BrNO2. The molecule has 0 radical (unpaired) electrons. The normalized spacial score (nSPS) is 19.0. The Morgan fingerprint density at radius 2 is 1.95 bits per heavy atom. The van der Waals surface area contributed by atoms with Crippen LogP contribution in [0.4, 0.5) is 4.79 Å². The van der Waals surface area contributed by atoms with Crippen molar-refractivity contribution in [3.05, 3.63) is 46.5 Å². The van der Waals surface area contributed by atoms with E-state index in [2.05, 4.69) is 34.1 Å². The monoisotopic (exact) mass is 337 g/mol. The van der Waals surface area contributed by atoms with Gasteiger partial charge in [0.05, 0.1) is 0 Å². The third kappa shape index (κ3) is 4.10. The van der Waals surface area contributed by atoms with Crippen molar-refractivity contribution in [3.8, 4) is 0 Å². The molecule has 108 valence electrons. The summed E-state index contributed by atoms with van der Waals surface area (Å²) in [5.74, 6) is 0.226. The van der Waals surface area contributed by atoms with Gasteiger partial charge in [-0.1, -0.05) is 40.2 Å². The molecule has 1 aliphatic heterocycles. The van der Waals surface area contributed by atoms with Gasteiger partial charge in [0.15, 0.2) is 0 Å². The first kappa shape index (κ1) is 15.1. The standard InChI is InChI=1S/C16H20BrNO2/c1-16(2,3)20-15(19)18-10-4-5-13(11-18)12-6-8-14(17)9-7-12/h4-9,13H,10-11H2,1-3H3/t13-/m1/s1. The van der Waals surface area contributed by atoms with E-state index in [1.807, 2.05) is 39.0 Å². The van der Waals surface area contributed by atoms with Gasteiger partial charge in [-0.05, 0) is 38.5 Å². The van der Waals surface area contributed by atoms with Crippen LogP contribution in [0.25, 0.3) is 0 Å². The number of rotatable bonds is 1. The molecule has 1 heterocycles. The second-order valence-corrected chi connectivity index (χ2v) is 6.89. The van der Waals surface area contributed by atoms with Crippen LogP contribution < -0.4 is 0 Å². The molecule has 20 heavy (non-hydrogen) atoms. The van der Waals surface area contributed by atoms with Crippen LogP contribution in [0.15, 0.2) is 40.9 Å². The van der Waals surface area contributed by atoms with Crippen LogP contribution in [-0.2, 0) is 4.74 Å². The van der Waals surface area contributed by atoms with Gasteiger partial charge < -0.3 is 9.64 Å². The highest BCUT2D eigenvalue weighted by Gasteiger charge is 2.25. The number of carbonyl (C=O) groups is 1. The van der Waals surface area contributed by atoms with Crippen molar-refractivity contribution < 1.29 is 9.53 Å². The second kappa shape index (κ2) is 6.00. The highest BCUT2D eigenvalue weighted by Crippen LogP contribution is 2.24. The third-order valence-corrected chi connectivity index (χ3v) is 3.59. The lowest BCUT2D eigenvalue weighted by Crippen LogP contribution is -2.40. The summed E-state index contributed by atoms with van der Waals surface area (Å²) in [5.41, 5.74) is 0.753. The molecule has 0 aliphatic carbocycles. The molecule has 0 saturated carbocycles. The molecule has 1 amide bonds. The van der Waals surface area contributed by atoms with E-state index >= 15 is 0 Å². The van der Waals surface area contributed by atoms with E-state index in [1.54, 1.807) is 4.90 Å². The van der Waals surface area contributed by atoms with E-state index in [-0.39, 0.29) is 12.0 Å². The molecule has 1 aromatic rings. The predicted molar refractivity (Wildman–Crippen MR) is 83.8 cm³/mol. The van der Waals surface area contributed by atoms with E-state index in [9.17, 15) is 4.79 Å². The summed E-state index contributed by atoms with van der Waals surface area (Å²) >= 11 is 3.44. The van der Waals surface area contributed by atoms with Crippen LogP contribution in [0.5, 0.6) is 0 Å². The fourth-order valence-corrected chi connectivity index (χ4v) is 2.39. The molecule has 0 bridgehead atoms. The topological polar surface area (TPSA) is 29.5 Å². The van der Waals surface area contributed by atoms with Gasteiger partial charge in [-0.3, -0.25) is 0 Å². The number of ether oxygens (including phenoxy) is 1. The van der Waals surface area contributed by atoms with Crippen molar-refractivity contribution in [2.45, 2.75) is 32.3 Å². The van der Waals surface area contributed by atoms with Crippen LogP contribution >= 0.6 is 15.9 Å². The van der Waals surface area contributed by atoms with E-state index < -0.39 is 5.60 Å². The average molecular weight is 338 g/mol. The van der Waals surface area contributed by atoms with Crippen molar-refractivity contribution in [1.82, 2.24) is 4.90 Å². The Kier molecular flexibility index (Phi) is 4.53. The minimum absolute atomic E-state index is 0.226. The van der Waals surface area contributed by atoms with Crippen molar-refractivity contribution in [2.24, 2.45) is 0 Å². The van der Waals surface area contributed by atoms with Crippen molar-refractivity contribution in [2.75, 3.05) is 13.1 Å². The fraction of sp³-hybridized carbons (Fsp3) is 0.438. The van der Waals surface area contributed by atoms with Gasteiger partial charge in [0.25, 0.3) is 0 Å². The van der Waals surface area contributed by atoms with Crippen LogP contribution in [0.1, 0.15) is 32.3 Å². The van der Waals surface area contributed by atoms with Gasteiger partial charge >= 0.3 is 6.09 Å². The molecule has 0 N–H and O–H groups in total. The zero-order valence-corrected chi connectivity index (χ0v) is 13.7. The van der Waals surface area contributed by atoms with Gasteiger partial charge in [0.2, 0.25) is 0 Å². The van der Waals surface area contributed by atoms with E-state index in [0.717, 1.165) is 4.47 Å². The lowest BCUT2D eigenvalue weighted by molar-refractivity contribution is 0.0259. The predicted octanol–water partition coefficient (Wildman–Crippen LogP) is 4.34. The van der Waals surface area contributed by atoms with Gasteiger partial charge in [0, 0.05) is 23.5 Å². The number of carbonyl (C=O) groups excluding carboxylic acids is 1. The maximum atomic E-state index is 12.1. The Morgan fingerprint density at radius 3 is 2.55 bits per heavy atom. The molecule has 1 aromatic carbocycles. The van der Waals surface area contributed by atoms with Gasteiger partial charge in [-0.2, -0.15) is 0 Å². The van der Waals surface area contributed by atoms with Crippen molar-refractivity contribution in [1.29, 1.82) is 0 Å². The Balaban J connectivity index is 2.05. The molecule has 1 aliphatic rings. The first-order valence-electron chi connectivity index (χ1n) is 6.75. The summed E-state index contributed by atoms with van der Waals surface area (Å²) < 4.78 is 6.49. The van der Waals surface area contributed by atoms with E-state index in [0.29, 0.717) is 13.1 Å². The number of hydrogen-bond donors (Lipinski definition) is 0. The fourth-order valence-electron chi connectivity index (χ4n) is 2.13. The van der Waals surface area contributed by atoms with E-state index in [4.69, 9.17) is 4.74 Å². The molecule has 0 saturated heterocycles. The molecular weight excluding hydrogens is 318 g/mol. The number of hydrogen-bond acceptors (Lipinski definition) is 2. The molecule has 1 atom stereocenters. The maximum Gasteiger partial charge on any atom is 0.410 e. The first-order valence-corrected chi connectivity index (χ1v) is 7.54. The van der Waals surface area contributed by atoms with E-state index in [1.165, 1.54) is 5.56 Å². The summed E-state index contributed by atoms with van der Waals surface area (Å²) in [6.45, 7) is 6.93. The largest absolute Gasteiger partial charge is 0.444 e. The Labute approximate surface area is 128 Å². The van der Waals surface area contributed by atoms with Gasteiger partial charge in [-0.25, -0.2) is 4.79 Å². The summed E-state index contributed by atoms with van der Waals surface area (Å²) in [4.78, 5) is 13.9. The van der Waals surface area contributed by atoms with Gasteiger partial charge in [0.1, 0.15) is 5.60 Å². The Morgan fingerprint density at radius 1 is 1.30 bits per heavy atom. The SMILES string of the molecule is CC(C)(C)OC(=O)N1CC=C[C@@H](c2ccc(Br)cc2)C1. The number of halogens is 1. The van der Waals surface area contributed by atoms with Crippen LogP contribution in [0.2, 0.25) is 0 Å². The maximum absolute atomic E-state index is 12.1. The molecule has 0 spiro atoms. The quantitative estimate of drug-likeness (QED) is 0.713. The molecule has 0 fully saturated rings. The molecule has 3 nitrogen and oxygen atoms in total. The smallest absolute Gasteiger partial charge is 0.410 e. The summed E-state index contributed by atoms with van der Waals surface area (Å²) in [7, 11) is 0. The zero-order valence-electron chi connectivity index (χ0n) is 12.1. The minimum Gasteiger partial charge on any atom is -0.444 e. The minimum atomic E-state index is -0.453. The number of benzene rings is 1. The third-order valence-electron chi connectivity index (χ3n) is 3.06. The molecule has 0 unspecified atom stereocenters. The lowest BCUT2D eigenvalue weighted by atomic mass is 9.96. The summed E-state index contributed by atoms with van der Waals surface area (Å²) in [6, 6.07) is 8.21. The number of amides is 1. The van der Waals surface area contributed by atoms with Crippen LogP contribution in [-0.4, -0.2) is 29.7 Å². The molecule has 4 heteroatoms. The summed E-state index contributed by atoms with van der Waals surface area (Å²) in [6.07, 6.45) is 3.94. The van der Waals surface area contributed by atoms with Gasteiger partial charge in [-0.15, -0.1) is 0 Å². The van der Waals surface area contributed by atoms with Crippen LogP contribution in [0.3, 0.4) is 0 Å². The highest BCUT2D eigenvalue weighted by atomic mass is 79.9. The second-order valence-electron chi connectivity index (χ2n) is 5.97. The highest BCUT2D eigenvalue weighted by molar-refractivity contribution is 9.10. The first-order chi connectivity index (χ1) is 9.35. The average Bonchev–Trinajstić information content (AvgIpc) is 2.38. The van der Waals surface area contributed by atoms with Crippen LogP contribution in [0, 0.1) is 0 Å². The Bertz CT molecular complexity index is 502. The lowest BCUT2D eigenvalue weighted by Gasteiger charge is -2.31. The van der Waals surface area contributed by atoms with Crippen molar-refractivity contribution >= 4 is 22.0 Å². The van der Waals surface area contributed by atoms with Crippen molar-refractivity contribution in [3.63, 3.8) is 0 Å². The zero-order chi connectivity index (χ0) is 14.8. The summed E-state index contributed by atoms with van der Waals surface area (Å²) in [5, 5.41) is 0. The molecule has 0 aromatic heterocycles. The number of nitrogens with zero attached hydrogens (tertiary/aromatic N) is 1.